The van der Waals surface area contributed by atoms with Crippen molar-refractivity contribution in [3.63, 3.8) is 0 Å². The highest BCUT2D eigenvalue weighted by Gasteiger charge is 2.31. The minimum Gasteiger partial charge on any atom is -0.476 e. The molecule has 9 nitrogen and oxygen atoms in total. The second kappa shape index (κ2) is 8.97. The van der Waals surface area contributed by atoms with Gasteiger partial charge in [-0.05, 0) is 31.2 Å². The summed E-state index contributed by atoms with van der Waals surface area (Å²) in [5.41, 5.74) is 2.41. The molecule has 1 aliphatic heterocycles. The van der Waals surface area contributed by atoms with Crippen LogP contribution in [0.2, 0.25) is 0 Å². The van der Waals surface area contributed by atoms with Gasteiger partial charge in [-0.1, -0.05) is 26.0 Å². The van der Waals surface area contributed by atoms with Crippen LogP contribution in [-0.2, 0) is 17.7 Å². The molecule has 3 heterocycles. The molecule has 1 aliphatic rings. The number of imidazole rings is 1. The molecule has 0 radical (unpaired) electrons. The van der Waals surface area contributed by atoms with Crippen LogP contribution in [0.3, 0.4) is 0 Å². The number of hydrogen-bond acceptors (Lipinski definition) is 7. The first-order valence-electron chi connectivity index (χ1n) is 10.7. The monoisotopic (exact) mass is 425 g/mol. The lowest BCUT2D eigenvalue weighted by molar-refractivity contribution is -0.384. The molecule has 2 aromatic heterocycles. The Balaban J connectivity index is 1.44. The number of aryl methyl sites for hydroxylation is 1. The Hall–Kier alpha value is -3.07. The second-order valence-corrected chi connectivity index (χ2v) is 8.08. The van der Waals surface area contributed by atoms with Crippen LogP contribution in [0.25, 0.3) is 11.2 Å². The van der Waals surface area contributed by atoms with Crippen molar-refractivity contribution in [2.75, 3.05) is 6.61 Å². The summed E-state index contributed by atoms with van der Waals surface area (Å²) in [5, 5.41) is 10.8. The summed E-state index contributed by atoms with van der Waals surface area (Å²) in [4.78, 5) is 23.9. The fraction of sp³-hybridized carbons (Fsp3) is 0.500. The maximum absolute atomic E-state index is 10.8. The predicted octanol–water partition coefficient (Wildman–Crippen LogP) is 3.87. The van der Waals surface area contributed by atoms with Crippen molar-refractivity contribution in [2.45, 2.75) is 58.8 Å². The van der Waals surface area contributed by atoms with Crippen LogP contribution >= 0.6 is 0 Å². The van der Waals surface area contributed by atoms with Gasteiger partial charge in [0.15, 0.2) is 11.2 Å². The van der Waals surface area contributed by atoms with Crippen molar-refractivity contribution in [3.05, 3.63) is 52.1 Å². The minimum atomic E-state index is -0.406. The first-order valence-corrected chi connectivity index (χ1v) is 10.7. The molecule has 1 saturated heterocycles. The fourth-order valence-electron chi connectivity index (χ4n) is 4.15. The second-order valence-electron chi connectivity index (χ2n) is 8.08. The number of benzene rings is 1. The van der Waals surface area contributed by atoms with Gasteiger partial charge in [0.05, 0.1) is 36.6 Å². The highest BCUT2D eigenvalue weighted by atomic mass is 16.6. The average molecular weight is 425 g/mol. The number of hydrogen-bond donors (Lipinski definition) is 0. The first kappa shape index (κ1) is 21.2. The minimum absolute atomic E-state index is 0.0780. The third kappa shape index (κ3) is 4.66. The normalized spacial score (nSPS) is 20.9. The maximum atomic E-state index is 10.8. The number of nitro groups is 1. The van der Waals surface area contributed by atoms with Gasteiger partial charge in [-0.15, -0.1) is 0 Å². The van der Waals surface area contributed by atoms with Crippen LogP contribution in [-0.4, -0.2) is 43.3 Å². The zero-order valence-corrected chi connectivity index (χ0v) is 18.0. The molecule has 31 heavy (non-hydrogen) atoms. The third-order valence-corrected chi connectivity index (χ3v) is 5.76. The molecule has 1 aromatic carbocycles. The van der Waals surface area contributed by atoms with E-state index in [0.29, 0.717) is 48.8 Å². The summed E-state index contributed by atoms with van der Waals surface area (Å²) in [7, 11) is 0. The lowest BCUT2D eigenvalue weighted by atomic mass is 10.0. The third-order valence-electron chi connectivity index (χ3n) is 5.76. The molecular weight excluding hydrogens is 398 g/mol. The van der Waals surface area contributed by atoms with Crippen LogP contribution in [0.4, 0.5) is 5.69 Å². The maximum Gasteiger partial charge on any atom is 0.269 e. The Labute approximate surface area is 180 Å². The molecule has 9 heteroatoms. The van der Waals surface area contributed by atoms with Crippen molar-refractivity contribution in [1.29, 1.82) is 0 Å². The van der Waals surface area contributed by atoms with Crippen LogP contribution < -0.4 is 4.74 Å². The largest absolute Gasteiger partial charge is 0.476 e. The van der Waals surface area contributed by atoms with Crippen molar-refractivity contribution < 1.29 is 14.4 Å². The van der Waals surface area contributed by atoms with Gasteiger partial charge in [0.1, 0.15) is 5.82 Å². The number of ether oxygens (including phenoxy) is 2. The topological polar surface area (TPSA) is 105 Å². The first-order chi connectivity index (χ1) is 14.9. The van der Waals surface area contributed by atoms with E-state index in [1.165, 1.54) is 12.1 Å². The van der Waals surface area contributed by atoms with Gasteiger partial charge in [-0.3, -0.25) is 10.1 Å². The molecule has 0 bridgehead atoms. The molecule has 0 amide bonds. The van der Waals surface area contributed by atoms with Gasteiger partial charge in [-0.25, -0.2) is 9.97 Å². The summed E-state index contributed by atoms with van der Waals surface area (Å²) in [6.45, 7) is 7.32. The molecule has 1 fully saturated rings. The van der Waals surface area contributed by atoms with Gasteiger partial charge in [-0.2, -0.15) is 4.98 Å². The fourth-order valence-corrected chi connectivity index (χ4v) is 4.15. The molecule has 0 N–H and O–H groups in total. The highest BCUT2D eigenvalue weighted by molar-refractivity contribution is 5.76. The lowest BCUT2D eigenvalue weighted by Gasteiger charge is -2.14. The number of nitrogens with zero attached hydrogens (tertiary/aromatic N) is 5. The number of aromatic nitrogens is 4. The lowest BCUT2D eigenvalue weighted by Crippen LogP contribution is -2.17. The Morgan fingerprint density at radius 2 is 2.06 bits per heavy atom. The van der Waals surface area contributed by atoms with Crippen molar-refractivity contribution >= 4 is 16.9 Å². The molecule has 0 spiro atoms. The number of non-ortho nitro benzene ring substituents is 1. The predicted molar refractivity (Wildman–Crippen MR) is 115 cm³/mol. The van der Waals surface area contributed by atoms with E-state index >= 15 is 0 Å². The van der Waals surface area contributed by atoms with E-state index in [1.54, 1.807) is 18.5 Å². The standard InChI is InChI=1S/C22H27N5O4/c1-4-19-14(2)11-18(31-19)12-26-13-23-20-21(26)24-15(3)25-22(20)30-10-9-16-5-7-17(8-6-16)27(28)29/h5-8,13-14,18-19H,4,9-12H2,1-3H3/t14-,18-,19-/m1/s1. The zero-order valence-electron chi connectivity index (χ0n) is 18.0. The number of fused-ring (bicyclic) bond motifs is 1. The molecule has 164 valence electrons. The van der Waals surface area contributed by atoms with Gasteiger partial charge in [0.2, 0.25) is 5.88 Å². The highest BCUT2D eigenvalue weighted by Crippen LogP contribution is 2.30. The molecule has 3 aromatic rings. The molecule has 0 aliphatic carbocycles. The average Bonchev–Trinajstić information content (AvgIpc) is 3.31. The van der Waals surface area contributed by atoms with E-state index in [1.807, 2.05) is 11.5 Å². The molecule has 0 saturated carbocycles. The van der Waals surface area contributed by atoms with E-state index in [2.05, 4.69) is 28.8 Å². The summed E-state index contributed by atoms with van der Waals surface area (Å²) in [5.74, 6) is 1.63. The summed E-state index contributed by atoms with van der Waals surface area (Å²) in [6, 6.07) is 6.48. The van der Waals surface area contributed by atoms with Gasteiger partial charge >= 0.3 is 0 Å². The van der Waals surface area contributed by atoms with Crippen LogP contribution in [0.1, 0.15) is 38.1 Å². The Morgan fingerprint density at radius 3 is 2.74 bits per heavy atom. The number of nitro benzene ring substituents is 1. The zero-order chi connectivity index (χ0) is 22.0. The van der Waals surface area contributed by atoms with Gasteiger partial charge in [0.25, 0.3) is 5.69 Å². The molecule has 3 atom stereocenters. The Morgan fingerprint density at radius 1 is 1.29 bits per heavy atom. The van der Waals surface area contributed by atoms with E-state index in [0.717, 1.165) is 24.1 Å². The molecule has 4 rings (SSSR count). The van der Waals surface area contributed by atoms with E-state index in [4.69, 9.17) is 9.47 Å². The van der Waals surface area contributed by atoms with Crippen LogP contribution in [0.5, 0.6) is 5.88 Å². The van der Waals surface area contributed by atoms with E-state index in [-0.39, 0.29) is 11.8 Å². The van der Waals surface area contributed by atoms with Crippen LogP contribution in [0, 0.1) is 23.0 Å². The van der Waals surface area contributed by atoms with E-state index in [9.17, 15) is 10.1 Å². The van der Waals surface area contributed by atoms with Crippen LogP contribution in [0.15, 0.2) is 30.6 Å². The number of rotatable bonds is 8. The summed E-state index contributed by atoms with van der Waals surface area (Å²) in [6.07, 6.45) is 4.90. The van der Waals surface area contributed by atoms with Crippen molar-refractivity contribution in [3.8, 4) is 5.88 Å². The van der Waals surface area contributed by atoms with Crippen molar-refractivity contribution in [2.24, 2.45) is 5.92 Å². The quantitative estimate of drug-likeness (QED) is 0.398. The SMILES string of the molecule is CC[C@H]1O[C@@H](Cn2cnc3c(OCCc4ccc([N+](=O)[O-])cc4)nc(C)nc32)C[C@H]1C. The summed E-state index contributed by atoms with van der Waals surface area (Å²) >= 11 is 0. The smallest absolute Gasteiger partial charge is 0.269 e. The Kier molecular flexibility index (Phi) is 6.13. The van der Waals surface area contributed by atoms with Gasteiger partial charge in [0, 0.05) is 18.6 Å². The molecular formula is C22H27N5O4. The van der Waals surface area contributed by atoms with Crippen molar-refractivity contribution in [1.82, 2.24) is 19.5 Å². The Bertz CT molecular complexity index is 1070. The summed E-state index contributed by atoms with van der Waals surface area (Å²) < 4.78 is 14.1. The van der Waals surface area contributed by atoms with E-state index < -0.39 is 4.92 Å². The van der Waals surface area contributed by atoms with Gasteiger partial charge < -0.3 is 14.0 Å². The molecule has 0 unspecified atom stereocenters.